The van der Waals surface area contributed by atoms with Gasteiger partial charge in [-0.05, 0) is 18.1 Å². The smallest absolute Gasteiger partial charge is 0.269 e. The Hall–Kier alpha value is -1.97. The molecule has 0 amide bonds. The van der Waals surface area contributed by atoms with E-state index in [-0.39, 0.29) is 11.6 Å². The van der Waals surface area contributed by atoms with E-state index in [2.05, 4.69) is 11.0 Å². The Labute approximate surface area is 117 Å². The van der Waals surface area contributed by atoms with Crippen LogP contribution in [0.15, 0.2) is 18.2 Å². The van der Waals surface area contributed by atoms with Crippen LogP contribution < -0.4 is 0 Å². The molecule has 1 fully saturated rings. The lowest BCUT2D eigenvalue weighted by atomic mass is 9.94. The Bertz CT molecular complexity index is 533. The number of nitrogens with zero attached hydrogens (tertiary/aromatic N) is 3. The van der Waals surface area contributed by atoms with Gasteiger partial charge < -0.3 is 4.74 Å². The number of benzene rings is 1. The van der Waals surface area contributed by atoms with E-state index in [1.165, 1.54) is 12.1 Å². The molecular formula is C14H17N3O3. The van der Waals surface area contributed by atoms with Crippen LogP contribution in [0, 0.1) is 28.4 Å². The second-order valence-electron chi connectivity index (χ2n) is 4.89. The quantitative estimate of drug-likeness (QED) is 0.618. The van der Waals surface area contributed by atoms with E-state index in [1.807, 2.05) is 6.92 Å². The number of non-ortho nitro benzene ring substituents is 1. The number of nitro benzene ring substituents is 1. The lowest BCUT2D eigenvalue weighted by Gasteiger charge is -2.28. The fourth-order valence-corrected chi connectivity index (χ4v) is 2.37. The predicted octanol–water partition coefficient (Wildman–Crippen LogP) is 1.84. The maximum Gasteiger partial charge on any atom is 0.269 e. The van der Waals surface area contributed by atoms with Crippen LogP contribution in [0.25, 0.3) is 0 Å². The van der Waals surface area contributed by atoms with Crippen molar-refractivity contribution in [3.8, 4) is 6.07 Å². The number of morpholine rings is 1. The summed E-state index contributed by atoms with van der Waals surface area (Å²) in [5, 5.41) is 20.2. The van der Waals surface area contributed by atoms with Crippen LogP contribution in [0.2, 0.25) is 0 Å². The van der Waals surface area contributed by atoms with Crippen molar-refractivity contribution in [3.05, 3.63) is 39.4 Å². The average molecular weight is 275 g/mol. The van der Waals surface area contributed by atoms with E-state index >= 15 is 0 Å². The minimum Gasteiger partial charge on any atom is -0.379 e. The molecular weight excluding hydrogens is 258 g/mol. The molecule has 0 aromatic heterocycles. The molecule has 1 atom stereocenters. The fraction of sp³-hybridized carbons (Fsp3) is 0.500. The molecule has 0 aliphatic carbocycles. The van der Waals surface area contributed by atoms with Crippen LogP contribution in [0.5, 0.6) is 0 Å². The molecule has 6 heteroatoms. The molecule has 2 rings (SSSR count). The molecule has 1 heterocycles. The molecule has 106 valence electrons. The maximum absolute atomic E-state index is 10.9. The van der Waals surface area contributed by atoms with Crippen molar-refractivity contribution in [2.75, 3.05) is 32.8 Å². The number of rotatable bonds is 4. The summed E-state index contributed by atoms with van der Waals surface area (Å²) >= 11 is 0. The normalized spacial score (nSPS) is 17.4. The van der Waals surface area contributed by atoms with Crippen molar-refractivity contribution >= 4 is 5.69 Å². The number of aryl methyl sites for hydroxylation is 1. The van der Waals surface area contributed by atoms with E-state index in [4.69, 9.17) is 4.74 Å². The number of hydrogen-bond donors (Lipinski definition) is 0. The van der Waals surface area contributed by atoms with Crippen LogP contribution in [-0.2, 0) is 4.74 Å². The van der Waals surface area contributed by atoms with E-state index in [0.717, 1.165) is 24.2 Å². The molecule has 1 aromatic carbocycles. The van der Waals surface area contributed by atoms with Gasteiger partial charge >= 0.3 is 0 Å². The fourth-order valence-electron chi connectivity index (χ4n) is 2.37. The van der Waals surface area contributed by atoms with Gasteiger partial charge in [-0.15, -0.1) is 0 Å². The highest BCUT2D eigenvalue weighted by Crippen LogP contribution is 2.25. The van der Waals surface area contributed by atoms with Crippen LogP contribution >= 0.6 is 0 Å². The van der Waals surface area contributed by atoms with E-state index in [0.29, 0.717) is 19.8 Å². The molecule has 0 bridgehead atoms. The molecule has 0 N–H and O–H groups in total. The Balaban J connectivity index is 2.20. The second kappa shape index (κ2) is 6.46. The largest absolute Gasteiger partial charge is 0.379 e. The zero-order valence-corrected chi connectivity index (χ0v) is 11.4. The summed E-state index contributed by atoms with van der Waals surface area (Å²) in [6, 6.07) is 6.96. The van der Waals surface area contributed by atoms with E-state index in [9.17, 15) is 15.4 Å². The summed E-state index contributed by atoms with van der Waals surface area (Å²) in [5.74, 6) is -0.354. The van der Waals surface area contributed by atoms with Gasteiger partial charge in [0.1, 0.15) is 0 Å². The van der Waals surface area contributed by atoms with Gasteiger partial charge in [-0.2, -0.15) is 5.26 Å². The average Bonchev–Trinajstić information content (AvgIpc) is 2.46. The first kappa shape index (κ1) is 14.4. The third-order valence-corrected chi connectivity index (χ3v) is 3.55. The molecule has 20 heavy (non-hydrogen) atoms. The van der Waals surface area contributed by atoms with Crippen molar-refractivity contribution in [1.82, 2.24) is 4.90 Å². The highest BCUT2D eigenvalue weighted by molar-refractivity contribution is 5.43. The third kappa shape index (κ3) is 3.32. The lowest BCUT2D eigenvalue weighted by Crippen LogP contribution is -2.38. The number of hydrogen-bond acceptors (Lipinski definition) is 5. The first-order chi connectivity index (χ1) is 9.61. The predicted molar refractivity (Wildman–Crippen MR) is 73.4 cm³/mol. The van der Waals surface area contributed by atoms with E-state index in [1.54, 1.807) is 6.07 Å². The summed E-state index contributed by atoms with van der Waals surface area (Å²) in [6.07, 6.45) is 0. The van der Waals surface area contributed by atoms with Gasteiger partial charge in [0.2, 0.25) is 0 Å². The molecule has 6 nitrogen and oxygen atoms in total. The van der Waals surface area contributed by atoms with Crippen molar-refractivity contribution in [3.63, 3.8) is 0 Å². The monoisotopic (exact) mass is 275 g/mol. The molecule has 0 spiro atoms. The summed E-state index contributed by atoms with van der Waals surface area (Å²) in [6.45, 7) is 5.40. The minimum atomic E-state index is -0.424. The highest BCUT2D eigenvalue weighted by atomic mass is 16.6. The van der Waals surface area contributed by atoms with Crippen molar-refractivity contribution < 1.29 is 9.66 Å². The molecule has 0 saturated carbocycles. The number of ether oxygens (including phenoxy) is 1. The van der Waals surface area contributed by atoms with Gasteiger partial charge in [0.05, 0.1) is 30.1 Å². The lowest BCUT2D eigenvalue weighted by molar-refractivity contribution is -0.384. The van der Waals surface area contributed by atoms with Gasteiger partial charge in [0, 0.05) is 31.8 Å². The highest BCUT2D eigenvalue weighted by Gasteiger charge is 2.21. The number of nitro groups is 1. The van der Waals surface area contributed by atoms with Crippen LogP contribution in [-0.4, -0.2) is 42.7 Å². The van der Waals surface area contributed by atoms with Gasteiger partial charge in [-0.3, -0.25) is 15.0 Å². The maximum atomic E-state index is 10.9. The zero-order chi connectivity index (χ0) is 14.5. The molecule has 1 aliphatic heterocycles. The Morgan fingerprint density at radius 1 is 1.50 bits per heavy atom. The molecule has 0 radical (unpaired) electrons. The van der Waals surface area contributed by atoms with Crippen molar-refractivity contribution in [1.29, 1.82) is 5.26 Å². The van der Waals surface area contributed by atoms with Crippen LogP contribution in [0.1, 0.15) is 17.0 Å². The Kier molecular flexibility index (Phi) is 4.66. The van der Waals surface area contributed by atoms with Crippen LogP contribution in [0.4, 0.5) is 5.69 Å². The summed E-state index contributed by atoms with van der Waals surface area (Å²) < 4.78 is 5.28. The van der Waals surface area contributed by atoms with E-state index < -0.39 is 4.92 Å². The minimum absolute atomic E-state index is 0.0350. The summed E-state index contributed by atoms with van der Waals surface area (Å²) in [5.41, 5.74) is 1.69. The standard InChI is InChI=1S/C14H17N3O3/c1-11-2-3-13(17(18)19)8-14(11)12(9-15)10-16-4-6-20-7-5-16/h2-3,8,12H,4-7,10H2,1H3. The first-order valence-electron chi connectivity index (χ1n) is 6.56. The van der Waals surface area contributed by atoms with Crippen molar-refractivity contribution in [2.45, 2.75) is 12.8 Å². The number of nitriles is 1. The molecule has 1 unspecified atom stereocenters. The third-order valence-electron chi connectivity index (χ3n) is 3.55. The first-order valence-corrected chi connectivity index (χ1v) is 6.56. The second-order valence-corrected chi connectivity index (χ2v) is 4.89. The van der Waals surface area contributed by atoms with Gasteiger partial charge in [0.15, 0.2) is 0 Å². The molecule has 1 aromatic rings. The summed E-state index contributed by atoms with van der Waals surface area (Å²) in [7, 11) is 0. The summed E-state index contributed by atoms with van der Waals surface area (Å²) in [4.78, 5) is 12.6. The topological polar surface area (TPSA) is 79.4 Å². The van der Waals surface area contributed by atoms with Gasteiger partial charge in [0.25, 0.3) is 5.69 Å². The van der Waals surface area contributed by atoms with Gasteiger partial charge in [-0.25, -0.2) is 0 Å². The Morgan fingerprint density at radius 2 is 2.20 bits per heavy atom. The van der Waals surface area contributed by atoms with Crippen molar-refractivity contribution in [2.24, 2.45) is 0 Å². The van der Waals surface area contributed by atoms with Crippen LogP contribution in [0.3, 0.4) is 0 Å². The zero-order valence-electron chi connectivity index (χ0n) is 11.4. The Morgan fingerprint density at radius 3 is 2.80 bits per heavy atom. The SMILES string of the molecule is Cc1ccc([N+](=O)[O-])cc1C(C#N)CN1CCOCC1. The van der Waals surface area contributed by atoms with Gasteiger partial charge in [-0.1, -0.05) is 6.07 Å². The molecule has 1 saturated heterocycles. The molecule has 1 aliphatic rings.